The number of hydrogen-bond acceptors (Lipinski definition) is 4. The first kappa shape index (κ1) is 10.3. The molecule has 0 aliphatic carbocycles. The van der Waals surface area contributed by atoms with E-state index in [0.717, 1.165) is 12.0 Å². The number of carbonyl (C=O) groups is 2. The fourth-order valence-electron chi connectivity index (χ4n) is 2.00. The average Bonchev–Trinajstić information content (AvgIpc) is 2.83. The second-order valence-electron chi connectivity index (χ2n) is 3.83. The van der Waals surface area contributed by atoms with Crippen molar-refractivity contribution in [2.75, 3.05) is 11.1 Å². The lowest BCUT2D eigenvalue weighted by Gasteiger charge is -2.20. The summed E-state index contributed by atoms with van der Waals surface area (Å²) in [5.74, 6) is 0.213. The van der Waals surface area contributed by atoms with Crippen LogP contribution in [0.1, 0.15) is 34.1 Å². The molecule has 0 spiro atoms. The number of aromatic amines is 1. The van der Waals surface area contributed by atoms with Gasteiger partial charge in [0.25, 0.3) is 11.7 Å². The van der Waals surface area contributed by atoms with Crippen LogP contribution in [-0.4, -0.2) is 22.4 Å². The standard InChI is InChI=1S/C10H10N2O2S2/c13-9-8-7(12-10(9)14)5(4-11-8)6-2-1-3-15-16-6/h4,6,11H,1-3H2,(H,12,13,14). The second kappa shape index (κ2) is 3.85. The van der Waals surface area contributed by atoms with Gasteiger partial charge >= 0.3 is 0 Å². The topological polar surface area (TPSA) is 62.0 Å². The highest BCUT2D eigenvalue weighted by Crippen LogP contribution is 2.48. The molecule has 84 valence electrons. The predicted octanol–water partition coefficient (Wildman–Crippen LogP) is 2.37. The number of nitrogens with one attached hydrogen (secondary N) is 2. The quantitative estimate of drug-likeness (QED) is 0.596. The van der Waals surface area contributed by atoms with Crippen molar-refractivity contribution in [3.05, 3.63) is 17.5 Å². The Morgan fingerprint density at radius 2 is 2.25 bits per heavy atom. The Bertz CT molecular complexity index is 463. The van der Waals surface area contributed by atoms with E-state index in [9.17, 15) is 9.59 Å². The number of carbonyl (C=O) groups excluding carboxylic acids is 2. The van der Waals surface area contributed by atoms with Crippen molar-refractivity contribution in [3.63, 3.8) is 0 Å². The van der Waals surface area contributed by atoms with Crippen LogP contribution in [0.5, 0.6) is 0 Å². The molecule has 3 rings (SSSR count). The Morgan fingerprint density at radius 1 is 1.38 bits per heavy atom. The molecular formula is C10H10N2O2S2. The number of hydrogen-bond donors (Lipinski definition) is 2. The van der Waals surface area contributed by atoms with E-state index >= 15 is 0 Å². The predicted molar refractivity (Wildman–Crippen MR) is 65.8 cm³/mol. The number of fused-ring (bicyclic) bond motifs is 1. The van der Waals surface area contributed by atoms with E-state index in [4.69, 9.17) is 0 Å². The normalized spacial score (nSPS) is 24.4. The van der Waals surface area contributed by atoms with Gasteiger partial charge in [0, 0.05) is 22.8 Å². The Morgan fingerprint density at radius 3 is 3.00 bits per heavy atom. The molecule has 2 N–H and O–H groups in total. The SMILES string of the molecule is O=C1Nc2c(C3CCCSS3)c[nH]c2C1=O. The number of aromatic nitrogens is 1. The van der Waals surface area contributed by atoms with Gasteiger partial charge < -0.3 is 10.3 Å². The van der Waals surface area contributed by atoms with Crippen molar-refractivity contribution in [1.29, 1.82) is 0 Å². The van der Waals surface area contributed by atoms with Gasteiger partial charge in [-0.05, 0) is 12.8 Å². The molecule has 1 saturated heterocycles. The van der Waals surface area contributed by atoms with Gasteiger partial charge in [-0.1, -0.05) is 21.6 Å². The lowest BCUT2D eigenvalue weighted by atomic mass is 10.1. The average molecular weight is 254 g/mol. The molecule has 2 aliphatic rings. The first-order valence-corrected chi connectivity index (χ1v) is 7.51. The third-order valence-electron chi connectivity index (χ3n) is 2.81. The summed E-state index contributed by atoms with van der Waals surface area (Å²) in [4.78, 5) is 25.6. The summed E-state index contributed by atoms with van der Waals surface area (Å²) in [7, 11) is 3.68. The van der Waals surface area contributed by atoms with Gasteiger partial charge in [0.15, 0.2) is 0 Å². The summed E-state index contributed by atoms with van der Waals surface area (Å²) >= 11 is 0. The van der Waals surface area contributed by atoms with Crippen LogP contribution in [0, 0.1) is 0 Å². The fourth-order valence-corrected chi connectivity index (χ4v) is 4.84. The monoisotopic (exact) mass is 254 g/mol. The Kier molecular flexibility index (Phi) is 2.48. The molecule has 6 heteroatoms. The van der Waals surface area contributed by atoms with Crippen molar-refractivity contribution >= 4 is 39.0 Å². The van der Waals surface area contributed by atoms with Crippen LogP contribution in [0.15, 0.2) is 6.20 Å². The number of anilines is 1. The molecule has 1 atom stereocenters. The zero-order valence-electron chi connectivity index (χ0n) is 8.41. The van der Waals surface area contributed by atoms with Crippen molar-refractivity contribution in [2.45, 2.75) is 18.1 Å². The summed E-state index contributed by atoms with van der Waals surface area (Å²) in [6.45, 7) is 0. The number of H-pyrrole nitrogens is 1. The minimum atomic E-state index is -0.517. The molecule has 0 saturated carbocycles. The number of ketones is 1. The fraction of sp³-hybridized carbons (Fsp3) is 0.400. The first-order chi connectivity index (χ1) is 7.77. The maximum atomic E-state index is 11.4. The van der Waals surface area contributed by atoms with Gasteiger partial charge in [0.2, 0.25) is 0 Å². The molecule has 1 fully saturated rings. The summed E-state index contributed by atoms with van der Waals surface area (Å²) in [5, 5.41) is 3.03. The lowest BCUT2D eigenvalue weighted by molar-refractivity contribution is -0.112. The van der Waals surface area contributed by atoms with Gasteiger partial charge in [-0.3, -0.25) is 9.59 Å². The molecule has 1 unspecified atom stereocenters. The van der Waals surface area contributed by atoms with Crippen LogP contribution in [-0.2, 0) is 4.79 Å². The van der Waals surface area contributed by atoms with Gasteiger partial charge in [-0.2, -0.15) is 0 Å². The summed E-state index contributed by atoms with van der Waals surface area (Å²) in [5.41, 5.74) is 2.19. The highest BCUT2D eigenvalue weighted by molar-refractivity contribution is 8.76. The van der Waals surface area contributed by atoms with Gasteiger partial charge in [0.1, 0.15) is 5.69 Å². The van der Waals surface area contributed by atoms with Crippen LogP contribution in [0.25, 0.3) is 0 Å². The van der Waals surface area contributed by atoms with E-state index in [2.05, 4.69) is 10.3 Å². The van der Waals surface area contributed by atoms with Crippen LogP contribution < -0.4 is 5.32 Å². The van der Waals surface area contributed by atoms with E-state index in [0.29, 0.717) is 16.6 Å². The van der Waals surface area contributed by atoms with Gasteiger partial charge in [-0.25, -0.2) is 0 Å². The molecule has 0 aromatic carbocycles. The third-order valence-corrected chi connectivity index (χ3v) is 5.73. The number of rotatable bonds is 1. The maximum Gasteiger partial charge on any atom is 0.298 e. The summed E-state index contributed by atoms with van der Waals surface area (Å²) in [6, 6.07) is 0. The third kappa shape index (κ3) is 1.48. The molecule has 3 heterocycles. The van der Waals surface area contributed by atoms with E-state index in [1.807, 2.05) is 27.8 Å². The second-order valence-corrected chi connectivity index (χ2v) is 6.52. The molecule has 4 nitrogen and oxygen atoms in total. The van der Waals surface area contributed by atoms with Gasteiger partial charge in [-0.15, -0.1) is 0 Å². The van der Waals surface area contributed by atoms with Crippen molar-refractivity contribution in [1.82, 2.24) is 4.98 Å². The van der Waals surface area contributed by atoms with Gasteiger partial charge in [0.05, 0.1) is 5.69 Å². The number of Topliss-reactive ketones (excluding diaryl/α,β-unsaturated/α-hetero) is 1. The van der Waals surface area contributed by atoms with Crippen LogP contribution in [0.2, 0.25) is 0 Å². The lowest BCUT2D eigenvalue weighted by Crippen LogP contribution is -2.14. The maximum absolute atomic E-state index is 11.4. The highest BCUT2D eigenvalue weighted by Gasteiger charge is 2.34. The molecule has 1 aromatic heterocycles. The molecule has 1 aromatic rings. The first-order valence-electron chi connectivity index (χ1n) is 5.12. The van der Waals surface area contributed by atoms with Crippen molar-refractivity contribution < 1.29 is 9.59 Å². The van der Waals surface area contributed by atoms with Crippen molar-refractivity contribution in [3.8, 4) is 0 Å². The zero-order valence-corrected chi connectivity index (χ0v) is 10.0. The molecular weight excluding hydrogens is 244 g/mol. The minimum absolute atomic E-state index is 0.380. The van der Waals surface area contributed by atoms with Crippen LogP contribution >= 0.6 is 21.6 Å². The summed E-state index contributed by atoms with van der Waals surface area (Å²) in [6.07, 6.45) is 4.14. The van der Waals surface area contributed by atoms with E-state index in [-0.39, 0.29) is 0 Å². The molecule has 1 amide bonds. The Balaban J connectivity index is 1.95. The zero-order chi connectivity index (χ0) is 11.1. The van der Waals surface area contributed by atoms with Crippen molar-refractivity contribution in [2.24, 2.45) is 0 Å². The Labute approximate surface area is 100 Å². The molecule has 0 radical (unpaired) electrons. The smallest absolute Gasteiger partial charge is 0.298 e. The van der Waals surface area contributed by atoms with Crippen LogP contribution in [0.3, 0.4) is 0 Å². The van der Waals surface area contributed by atoms with E-state index < -0.39 is 11.7 Å². The van der Waals surface area contributed by atoms with Crippen LogP contribution in [0.4, 0.5) is 5.69 Å². The van der Waals surface area contributed by atoms with E-state index in [1.165, 1.54) is 12.2 Å². The largest absolute Gasteiger partial charge is 0.356 e. The molecule has 2 aliphatic heterocycles. The summed E-state index contributed by atoms with van der Waals surface area (Å²) < 4.78 is 0. The molecule has 16 heavy (non-hydrogen) atoms. The number of amides is 1. The minimum Gasteiger partial charge on any atom is -0.356 e. The highest BCUT2D eigenvalue weighted by atomic mass is 33.1. The van der Waals surface area contributed by atoms with E-state index in [1.54, 1.807) is 0 Å². The molecule has 0 bridgehead atoms. The Hall–Kier alpha value is -0.880.